The van der Waals surface area contributed by atoms with Gasteiger partial charge in [0.25, 0.3) is 0 Å². The highest BCUT2D eigenvalue weighted by atomic mass is 32.2. The van der Waals surface area contributed by atoms with E-state index in [9.17, 15) is 12.8 Å². The molecule has 1 saturated heterocycles. The number of nitrogens with zero attached hydrogens (tertiary/aromatic N) is 1. The van der Waals surface area contributed by atoms with Gasteiger partial charge in [0.2, 0.25) is 10.0 Å². The van der Waals surface area contributed by atoms with Gasteiger partial charge < -0.3 is 5.73 Å². The first-order chi connectivity index (χ1) is 11.0. The van der Waals surface area contributed by atoms with Gasteiger partial charge in [-0.3, -0.25) is 0 Å². The van der Waals surface area contributed by atoms with Crippen molar-refractivity contribution in [1.82, 2.24) is 4.31 Å². The molecule has 2 atom stereocenters. The van der Waals surface area contributed by atoms with Gasteiger partial charge in [-0.2, -0.15) is 4.31 Å². The van der Waals surface area contributed by atoms with Crippen molar-refractivity contribution in [3.63, 3.8) is 0 Å². The molecule has 0 bridgehead atoms. The molecule has 2 aromatic carbocycles. The lowest BCUT2D eigenvalue weighted by molar-refractivity contribution is 0.458. The topological polar surface area (TPSA) is 63.4 Å². The molecule has 0 radical (unpaired) electrons. The minimum atomic E-state index is -3.71. The second-order valence-electron chi connectivity index (χ2n) is 5.79. The highest BCUT2D eigenvalue weighted by molar-refractivity contribution is 7.89. The van der Waals surface area contributed by atoms with Gasteiger partial charge in [-0.15, -0.1) is 0 Å². The minimum absolute atomic E-state index is 0.0121. The normalized spacial score (nSPS) is 22.3. The van der Waals surface area contributed by atoms with Crippen molar-refractivity contribution in [2.75, 3.05) is 19.6 Å². The lowest BCUT2D eigenvalue weighted by Crippen LogP contribution is -2.30. The molecule has 0 amide bonds. The van der Waals surface area contributed by atoms with Gasteiger partial charge in [0.05, 0.1) is 4.90 Å². The molecular weight excluding hydrogens is 315 g/mol. The highest BCUT2D eigenvalue weighted by Gasteiger charge is 2.39. The molecule has 0 aromatic heterocycles. The maximum absolute atomic E-state index is 13.4. The van der Waals surface area contributed by atoms with Gasteiger partial charge in [-0.25, -0.2) is 12.8 Å². The predicted molar refractivity (Wildman–Crippen MR) is 86.9 cm³/mol. The van der Waals surface area contributed by atoms with E-state index < -0.39 is 15.8 Å². The Bertz CT molecular complexity index is 780. The van der Waals surface area contributed by atoms with Crippen LogP contribution in [0.3, 0.4) is 0 Å². The van der Waals surface area contributed by atoms with Crippen LogP contribution in [0.4, 0.5) is 4.39 Å². The Kier molecular flexibility index (Phi) is 4.48. The molecule has 2 N–H and O–H groups in total. The summed E-state index contributed by atoms with van der Waals surface area (Å²) in [5.41, 5.74) is 6.93. The summed E-state index contributed by atoms with van der Waals surface area (Å²) in [6.45, 7) is 1.13. The van der Waals surface area contributed by atoms with Gasteiger partial charge in [0.15, 0.2) is 0 Å². The standard InChI is InChI=1S/C17H19FN2O2S/c18-15-7-4-8-16(9-15)23(21,22)20-11-14(10-19)17(12-20)13-5-2-1-3-6-13/h1-9,14,17H,10-12,19H2/t14-,17+/m1/s1. The van der Waals surface area contributed by atoms with Gasteiger partial charge in [-0.1, -0.05) is 36.4 Å². The number of benzene rings is 2. The first-order valence-electron chi connectivity index (χ1n) is 7.53. The molecule has 122 valence electrons. The summed E-state index contributed by atoms with van der Waals surface area (Å²) < 4.78 is 40.3. The molecule has 23 heavy (non-hydrogen) atoms. The van der Waals surface area contributed by atoms with Crippen molar-refractivity contribution in [1.29, 1.82) is 0 Å². The number of hydrogen-bond donors (Lipinski definition) is 1. The Balaban J connectivity index is 1.90. The number of halogens is 1. The molecule has 2 aromatic rings. The average Bonchev–Trinajstić information content (AvgIpc) is 3.01. The monoisotopic (exact) mass is 334 g/mol. The van der Waals surface area contributed by atoms with Gasteiger partial charge >= 0.3 is 0 Å². The van der Waals surface area contributed by atoms with Gasteiger partial charge in [0.1, 0.15) is 5.82 Å². The van der Waals surface area contributed by atoms with Crippen LogP contribution < -0.4 is 5.73 Å². The van der Waals surface area contributed by atoms with E-state index in [4.69, 9.17) is 5.73 Å². The first-order valence-corrected chi connectivity index (χ1v) is 8.97. The quantitative estimate of drug-likeness (QED) is 0.932. The minimum Gasteiger partial charge on any atom is -0.330 e. The van der Waals surface area contributed by atoms with Crippen molar-refractivity contribution < 1.29 is 12.8 Å². The average molecular weight is 334 g/mol. The summed E-state index contributed by atoms with van der Waals surface area (Å²) >= 11 is 0. The van der Waals surface area contributed by atoms with Crippen molar-refractivity contribution in [3.05, 3.63) is 66.0 Å². The van der Waals surface area contributed by atoms with Crippen LogP contribution in [0.15, 0.2) is 59.5 Å². The molecule has 0 unspecified atom stereocenters. The Hall–Kier alpha value is -1.76. The fourth-order valence-corrected chi connectivity index (χ4v) is 4.68. The second-order valence-corrected chi connectivity index (χ2v) is 7.73. The molecule has 0 aliphatic carbocycles. The van der Waals surface area contributed by atoms with Crippen molar-refractivity contribution in [3.8, 4) is 0 Å². The van der Waals surface area contributed by atoms with Crippen LogP contribution >= 0.6 is 0 Å². The fourth-order valence-electron chi connectivity index (χ4n) is 3.12. The van der Waals surface area contributed by atoms with Crippen LogP contribution in [0, 0.1) is 11.7 Å². The van der Waals surface area contributed by atoms with Crippen molar-refractivity contribution in [2.45, 2.75) is 10.8 Å². The zero-order valence-electron chi connectivity index (χ0n) is 12.6. The Morgan fingerprint density at radius 3 is 2.48 bits per heavy atom. The van der Waals surface area contributed by atoms with Gasteiger partial charge in [-0.05, 0) is 36.2 Å². The molecule has 0 spiro atoms. The number of sulfonamides is 1. The largest absolute Gasteiger partial charge is 0.330 e. The summed E-state index contributed by atoms with van der Waals surface area (Å²) in [5, 5.41) is 0. The summed E-state index contributed by atoms with van der Waals surface area (Å²) in [6, 6.07) is 14.9. The third-order valence-electron chi connectivity index (χ3n) is 4.37. The van der Waals surface area contributed by atoms with E-state index in [1.165, 1.54) is 22.5 Å². The second kappa shape index (κ2) is 6.39. The summed E-state index contributed by atoms with van der Waals surface area (Å²) in [6.07, 6.45) is 0. The Morgan fingerprint density at radius 2 is 1.83 bits per heavy atom. The first kappa shape index (κ1) is 16.1. The van der Waals surface area contributed by atoms with E-state index in [1.54, 1.807) is 0 Å². The zero-order chi connectivity index (χ0) is 16.4. The third kappa shape index (κ3) is 3.15. The molecule has 1 heterocycles. The molecule has 1 fully saturated rings. The Morgan fingerprint density at radius 1 is 1.09 bits per heavy atom. The van der Waals surface area contributed by atoms with Crippen molar-refractivity contribution >= 4 is 10.0 Å². The van der Waals surface area contributed by atoms with Crippen LogP contribution in [0.2, 0.25) is 0 Å². The molecule has 6 heteroatoms. The van der Waals surface area contributed by atoms with Crippen LogP contribution in [0.5, 0.6) is 0 Å². The van der Waals surface area contributed by atoms with E-state index in [2.05, 4.69) is 0 Å². The molecule has 3 rings (SSSR count). The lowest BCUT2D eigenvalue weighted by atomic mass is 9.89. The van der Waals surface area contributed by atoms with Crippen LogP contribution in [-0.4, -0.2) is 32.4 Å². The molecule has 4 nitrogen and oxygen atoms in total. The third-order valence-corrected chi connectivity index (χ3v) is 6.20. The maximum Gasteiger partial charge on any atom is 0.243 e. The lowest BCUT2D eigenvalue weighted by Gasteiger charge is -2.17. The smallest absolute Gasteiger partial charge is 0.243 e. The Labute approximate surface area is 135 Å². The van der Waals surface area contributed by atoms with Gasteiger partial charge in [0, 0.05) is 19.0 Å². The fraction of sp³-hybridized carbons (Fsp3) is 0.294. The van der Waals surface area contributed by atoms with Crippen LogP contribution in [0.1, 0.15) is 11.5 Å². The number of nitrogens with two attached hydrogens (primary N) is 1. The number of hydrogen-bond acceptors (Lipinski definition) is 3. The highest BCUT2D eigenvalue weighted by Crippen LogP contribution is 2.35. The van der Waals surface area contributed by atoms with E-state index in [-0.39, 0.29) is 16.7 Å². The van der Waals surface area contributed by atoms with E-state index in [1.807, 2.05) is 30.3 Å². The SMILES string of the molecule is NC[C@@H]1CN(S(=O)(=O)c2cccc(F)c2)C[C@H]1c1ccccc1. The predicted octanol–water partition coefficient (Wildman–Crippen LogP) is 2.19. The molecule has 1 aliphatic rings. The van der Waals surface area contributed by atoms with Crippen LogP contribution in [0.25, 0.3) is 0 Å². The maximum atomic E-state index is 13.4. The van der Waals surface area contributed by atoms with Crippen LogP contribution in [-0.2, 0) is 10.0 Å². The molecule has 1 aliphatic heterocycles. The van der Waals surface area contributed by atoms with E-state index in [0.717, 1.165) is 11.6 Å². The zero-order valence-corrected chi connectivity index (χ0v) is 13.4. The molecular formula is C17H19FN2O2S. The van der Waals surface area contributed by atoms with Crippen molar-refractivity contribution in [2.24, 2.45) is 11.7 Å². The van der Waals surface area contributed by atoms with E-state index >= 15 is 0 Å². The summed E-state index contributed by atoms with van der Waals surface area (Å²) in [7, 11) is -3.71. The molecule has 0 saturated carbocycles. The summed E-state index contributed by atoms with van der Waals surface area (Å²) in [4.78, 5) is -0.0121. The summed E-state index contributed by atoms with van der Waals surface area (Å²) in [5.74, 6) is -0.439. The van der Waals surface area contributed by atoms with E-state index in [0.29, 0.717) is 19.6 Å². The number of rotatable bonds is 4.